The number of fused-ring (bicyclic) bond motifs is 1. The number of methoxy groups -OCH3 is 1. The summed E-state index contributed by atoms with van der Waals surface area (Å²) in [6.45, 7) is 3.35. The summed E-state index contributed by atoms with van der Waals surface area (Å²) in [5.74, 6) is -0.0447. The summed E-state index contributed by atoms with van der Waals surface area (Å²) in [4.78, 5) is 40.4. The predicted octanol–water partition coefficient (Wildman–Crippen LogP) is 3.51. The number of piperidine rings is 1. The van der Waals surface area contributed by atoms with Gasteiger partial charge in [0.15, 0.2) is 5.65 Å². The number of aromatic nitrogens is 7. The van der Waals surface area contributed by atoms with Crippen LogP contribution >= 0.6 is 0 Å². The molecule has 13 nitrogen and oxygen atoms in total. The highest BCUT2D eigenvalue weighted by Crippen LogP contribution is 2.32. The number of hydrogen-bond acceptors (Lipinski definition) is 9. The third-order valence-corrected chi connectivity index (χ3v) is 7.83. The molecule has 1 fully saturated rings. The topological polar surface area (TPSA) is 159 Å². The van der Waals surface area contributed by atoms with E-state index in [1.807, 2.05) is 29.2 Å². The Morgan fingerprint density at radius 2 is 1.93 bits per heavy atom. The summed E-state index contributed by atoms with van der Waals surface area (Å²) in [5.41, 5.74) is 9.23. The van der Waals surface area contributed by atoms with Crippen molar-refractivity contribution in [1.82, 2.24) is 44.7 Å². The average Bonchev–Trinajstić information content (AvgIpc) is 3.70. The lowest BCUT2D eigenvalue weighted by Gasteiger charge is -2.38. The van der Waals surface area contributed by atoms with E-state index >= 15 is 0 Å². The number of carbonyl (C=O) groups is 2. The molecule has 2 unspecified atom stereocenters. The van der Waals surface area contributed by atoms with Crippen molar-refractivity contribution in [2.45, 2.75) is 38.9 Å². The minimum Gasteiger partial charge on any atom is -0.496 e. The van der Waals surface area contributed by atoms with Gasteiger partial charge in [-0.3, -0.25) is 4.79 Å². The number of hydrogen-bond donors (Lipinski definition) is 2. The van der Waals surface area contributed by atoms with Gasteiger partial charge in [-0.1, -0.05) is 31.2 Å². The third kappa shape index (κ3) is 5.65. The van der Waals surface area contributed by atoms with Crippen LogP contribution in [0.25, 0.3) is 22.3 Å². The summed E-state index contributed by atoms with van der Waals surface area (Å²) in [7, 11) is 1.43. The molecule has 2 atom stereocenters. The smallest absolute Gasteiger partial charge is 0.346 e. The number of anilines is 1. The first kappa shape index (κ1) is 28.7. The zero-order chi connectivity index (χ0) is 30.8. The highest BCUT2D eigenvalue weighted by Gasteiger charge is 2.32. The quantitative estimate of drug-likeness (QED) is 0.286. The largest absolute Gasteiger partial charge is 0.496 e. The first-order chi connectivity index (χ1) is 21.3. The van der Waals surface area contributed by atoms with Crippen molar-refractivity contribution in [3.05, 3.63) is 78.4 Å². The lowest BCUT2D eigenvalue weighted by molar-refractivity contribution is 0.0947. The number of nitrogens with zero attached hydrogens (tertiary/aromatic N) is 8. The average molecular weight is 599 g/mol. The van der Waals surface area contributed by atoms with E-state index in [0.717, 1.165) is 30.0 Å². The molecule has 2 aromatic carbocycles. The van der Waals surface area contributed by atoms with Crippen LogP contribution in [0.5, 0.6) is 5.75 Å². The Morgan fingerprint density at radius 3 is 2.68 bits per heavy atom. The number of amides is 2. The maximum Gasteiger partial charge on any atom is 0.346 e. The van der Waals surface area contributed by atoms with Crippen LogP contribution in [0, 0.1) is 11.7 Å². The molecule has 3 aromatic heterocycles. The van der Waals surface area contributed by atoms with E-state index < -0.39 is 11.7 Å². The van der Waals surface area contributed by atoms with E-state index in [1.54, 1.807) is 4.68 Å². The summed E-state index contributed by atoms with van der Waals surface area (Å²) in [5, 5.41) is 12.4. The van der Waals surface area contributed by atoms with Gasteiger partial charge >= 0.3 is 6.03 Å². The number of likely N-dealkylation sites (tertiary alicyclic amines) is 1. The van der Waals surface area contributed by atoms with E-state index in [9.17, 15) is 14.0 Å². The Balaban J connectivity index is 1.24. The summed E-state index contributed by atoms with van der Waals surface area (Å²) in [6.07, 6.45) is 5.91. The number of rotatable bonds is 7. The van der Waals surface area contributed by atoms with Gasteiger partial charge in [0.05, 0.1) is 30.6 Å². The predicted molar refractivity (Wildman–Crippen MR) is 159 cm³/mol. The molecule has 0 saturated carbocycles. The first-order valence-electron chi connectivity index (χ1n) is 14.2. The molecule has 1 saturated heterocycles. The molecule has 0 bridgehead atoms. The van der Waals surface area contributed by atoms with Gasteiger partial charge in [-0.05, 0) is 42.5 Å². The normalized spacial score (nSPS) is 16.7. The van der Waals surface area contributed by atoms with Gasteiger partial charge in [-0.15, -0.1) is 0 Å². The zero-order valence-corrected chi connectivity index (χ0v) is 24.2. The molecule has 1 aliphatic rings. The van der Waals surface area contributed by atoms with E-state index in [0.29, 0.717) is 41.6 Å². The van der Waals surface area contributed by atoms with Crippen molar-refractivity contribution in [2.75, 3.05) is 19.4 Å². The van der Waals surface area contributed by atoms with Crippen molar-refractivity contribution in [3.63, 3.8) is 0 Å². The fourth-order valence-corrected chi connectivity index (χ4v) is 5.55. The molecule has 44 heavy (non-hydrogen) atoms. The Kier molecular flexibility index (Phi) is 7.87. The standard InChI is InChI=1S/C30H31FN10O3/c1-18-3-9-22(39(13-18)30(43)41-17-33-15-37-41)14-40-28-25(27(32)35-16-36-28)26(38-40)20-6-4-19(5-7-20)12-34-29(42)23-11-21(31)8-10-24(23)44-2/h4-8,10-11,15-18,22H,3,9,12-14H2,1-2H3,(H,34,42)(H2,32,35,36). The highest BCUT2D eigenvalue weighted by atomic mass is 19.1. The van der Waals surface area contributed by atoms with Gasteiger partial charge in [-0.25, -0.2) is 28.8 Å². The van der Waals surface area contributed by atoms with Crippen LogP contribution in [0.15, 0.2) is 61.4 Å². The Bertz CT molecular complexity index is 1810. The van der Waals surface area contributed by atoms with Crippen molar-refractivity contribution < 1.29 is 18.7 Å². The highest BCUT2D eigenvalue weighted by molar-refractivity contribution is 5.98. The van der Waals surface area contributed by atoms with Crippen LogP contribution in [-0.2, 0) is 13.1 Å². The van der Waals surface area contributed by atoms with E-state index in [-0.39, 0.29) is 29.9 Å². The number of benzene rings is 2. The lowest BCUT2D eigenvalue weighted by atomic mass is 9.94. The maximum absolute atomic E-state index is 13.7. The molecule has 0 radical (unpaired) electrons. The van der Waals surface area contributed by atoms with Crippen molar-refractivity contribution >= 4 is 28.8 Å². The van der Waals surface area contributed by atoms with Gasteiger partial charge in [0, 0.05) is 18.7 Å². The molecule has 4 heterocycles. The molecule has 14 heteroatoms. The summed E-state index contributed by atoms with van der Waals surface area (Å²) < 4.78 is 21.9. The van der Waals surface area contributed by atoms with Gasteiger partial charge in [0.1, 0.15) is 42.1 Å². The van der Waals surface area contributed by atoms with E-state index in [1.165, 1.54) is 42.9 Å². The summed E-state index contributed by atoms with van der Waals surface area (Å²) >= 11 is 0. The molecular weight excluding hydrogens is 567 g/mol. The van der Waals surface area contributed by atoms with Crippen LogP contribution in [-0.4, -0.2) is 71.0 Å². The second-order valence-corrected chi connectivity index (χ2v) is 10.8. The summed E-state index contributed by atoms with van der Waals surface area (Å²) in [6, 6.07) is 10.9. The van der Waals surface area contributed by atoms with Crippen LogP contribution in [0.3, 0.4) is 0 Å². The molecule has 3 N–H and O–H groups in total. The number of nitrogens with one attached hydrogen (secondary N) is 1. The van der Waals surface area contributed by atoms with E-state index in [4.69, 9.17) is 15.6 Å². The molecule has 1 aliphatic heterocycles. The minimum atomic E-state index is -0.525. The molecular formula is C30H31FN10O3. The number of nitrogens with two attached hydrogens (primary N) is 1. The Hall–Kier alpha value is -5.40. The van der Waals surface area contributed by atoms with Gasteiger partial charge in [0.25, 0.3) is 5.91 Å². The second-order valence-electron chi connectivity index (χ2n) is 10.8. The van der Waals surface area contributed by atoms with Crippen LogP contribution in [0.2, 0.25) is 0 Å². The second kappa shape index (κ2) is 12.1. The molecule has 0 aliphatic carbocycles. The molecule has 6 rings (SSSR count). The number of ether oxygens (including phenoxy) is 1. The van der Waals surface area contributed by atoms with Crippen molar-refractivity contribution in [1.29, 1.82) is 0 Å². The van der Waals surface area contributed by atoms with E-state index in [2.05, 4.69) is 32.3 Å². The monoisotopic (exact) mass is 598 g/mol. The lowest BCUT2D eigenvalue weighted by Crippen LogP contribution is -2.50. The van der Waals surface area contributed by atoms with Crippen LogP contribution < -0.4 is 15.8 Å². The molecule has 226 valence electrons. The van der Waals surface area contributed by atoms with Gasteiger partial charge in [-0.2, -0.15) is 14.9 Å². The number of halogens is 1. The maximum atomic E-state index is 13.7. The van der Waals surface area contributed by atoms with Crippen molar-refractivity contribution in [2.24, 2.45) is 5.92 Å². The number of nitrogen functional groups attached to an aromatic ring is 1. The Labute approximate surface area is 251 Å². The molecule has 0 spiro atoms. The molecule has 2 amide bonds. The van der Waals surface area contributed by atoms with Crippen LogP contribution in [0.4, 0.5) is 15.0 Å². The fourth-order valence-electron chi connectivity index (χ4n) is 5.55. The van der Waals surface area contributed by atoms with Gasteiger partial charge < -0.3 is 20.7 Å². The first-order valence-corrected chi connectivity index (χ1v) is 14.2. The molecule has 5 aromatic rings. The Morgan fingerprint density at radius 1 is 1.11 bits per heavy atom. The SMILES string of the molecule is COc1ccc(F)cc1C(=O)NCc1ccc(-c2nn(CC3CCC(C)CN3C(=O)n3cncn3)c3ncnc(N)c23)cc1. The zero-order valence-electron chi connectivity index (χ0n) is 24.2. The third-order valence-electron chi connectivity index (χ3n) is 7.83. The van der Waals surface area contributed by atoms with Gasteiger partial charge in [0.2, 0.25) is 0 Å². The minimum absolute atomic E-state index is 0.116. The van der Waals surface area contributed by atoms with Crippen molar-refractivity contribution in [3.8, 4) is 17.0 Å². The fraction of sp³-hybridized carbons (Fsp3) is 0.300. The van der Waals surface area contributed by atoms with Crippen LogP contribution in [0.1, 0.15) is 35.7 Å². The number of carbonyl (C=O) groups excluding carboxylic acids is 2.